The molecule has 1 fully saturated rings. The molecule has 17 heavy (non-hydrogen) atoms. The van der Waals surface area contributed by atoms with Crippen LogP contribution in [-0.2, 0) is 11.3 Å². The van der Waals surface area contributed by atoms with Crippen LogP contribution in [-0.4, -0.2) is 42.4 Å². The van der Waals surface area contributed by atoms with Crippen LogP contribution in [0.3, 0.4) is 0 Å². The Morgan fingerprint density at radius 2 is 2.18 bits per heavy atom. The van der Waals surface area contributed by atoms with Crippen molar-refractivity contribution in [2.75, 3.05) is 32.4 Å². The molecular formula is C12H16ClN3O. The number of piperazine rings is 1. The van der Waals surface area contributed by atoms with Crippen LogP contribution in [0.15, 0.2) is 18.2 Å². The van der Waals surface area contributed by atoms with Gasteiger partial charge in [-0.1, -0.05) is 11.6 Å². The van der Waals surface area contributed by atoms with E-state index in [1.165, 1.54) is 0 Å². The number of nitrogen functional groups attached to an aromatic ring is 1. The number of nitrogens with zero attached hydrogens (tertiary/aromatic N) is 2. The zero-order chi connectivity index (χ0) is 12.4. The minimum Gasteiger partial charge on any atom is -0.398 e. The van der Waals surface area contributed by atoms with Crippen LogP contribution in [0, 0.1) is 0 Å². The molecule has 1 amide bonds. The van der Waals surface area contributed by atoms with E-state index in [1.807, 2.05) is 13.1 Å². The molecule has 1 heterocycles. The van der Waals surface area contributed by atoms with E-state index >= 15 is 0 Å². The van der Waals surface area contributed by atoms with Crippen molar-refractivity contribution in [2.45, 2.75) is 6.54 Å². The Kier molecular flexibility index (Phi) is 3.54. The first-order valence-corrected chi connectivity index (χ1v) is 5.94. The van der Waals surface area contributed by atoms with Gasteiger partial charge in [0.1, 0.15) is 0 Å². The van der Waals surface area contributed by atoms with Gasteiger partial charge < -0.3 is 10.6 Å². The first-order valence-electron chi connectivity index (χ1n) is 5.56. The van der Waals surface area contributed by atoms with Gasteiger partial charge in [0.2, 0.25) is 5.91 Å². The van der Waals surface area contributed by atoms with Crippen molar-refractivity contribution in [3.05, 3.63) is 28.8 Å². The Morgan fingerprint density at radius 1 is 1.41 bits per heavy atom. The number of nitrogens with two attached hydrogens (primary N) is 1. The van der Waals surface area contributed by atoms with Gasteiger partial charge >= 0.3 is 0 Å². The number of rotatable bonds is 2. The summed E-state index contributed by atoms with van der Waals surface area (Å²) in [7, 11) is 1.83. The molecule has 0 spiro atoms. The van der Waals surface area contributed by atoms with E-state index < -0.39 is 0 Å². The van der Waals surface area contributed by atoms with E-state index in [-0.39, 0.29) is 5.91 Å². The van der Waals surface area contributed by atoms with Crippen molar-refractivity contribution in [2.24, 2.45) is 0 Å². The van der Waals surface area contributed by atoms with E-state index in [0.29, 0.717) is 18.1 Å². The fourth-order valence-corrected chi connectivity index (χ4v) is 2.09. The van der Waals surface area contributed by atoms with Crippen LogP contribution in [0.25, 0.3) is 0 Å². The summed E-state index contributed by atoms with van der Waals surface area (Å²) >= 11 is 5.94. The summed E-state index contributed by atoms with van der Waals surface area (Å²) in [5.74, 6) is 0.150. The molecule has 0 atom stereocenters. The van der Waals surface area contributed by atoms with E-state index in [9.17, 15) is 4.79 Å². The number of amides is 1. The van der Waals surface area contributed by atoms with Crippen molar-refractivity contribution < 1.29 is 4.79 Å². The lowest BCUT2D eigenvalue weighted by Gasteiger charge is -2.32. The molecule has 0 unspecified atom stereocenters. The largest absolute Gasteiger partial charge is 0.398 e. The number of carbonyl (C=O) groups excluding carboxylic acids is 1. The molecule has 1 saturated heterocycles. The van der Waals surface area contributed by atoms with E-state index in [2.05, 4.69) is 4.90 Å². The van der Waals surface area contributed by atoms with Crippen molar-refractivity contribution >= 4 is 23.2 Å². The summed E-state index contributed by atoms with van der Waals surface area (Å²) in [5, 5.41) is 0.676. The van der Waals surface area contributed by atoms with Crippen LogP contribution in [0.1, 0.15) is 5.56 Å². The first kappa shape index (κ1) is 12.2. The predicted octanol–water partition coefficient (Wildman–Crippen LogP) is 1.20. The highest BCUT2D eigenvalue weighted by Gasteiger charge is 2.21. The summed E-state index contributed by atoms with van der Waals surface area (Å²) in [4.78, 5) is 15.4. The molecule has 4 nitrogen and oxygen atoms in total. The molecule has 0 saturated carbocycles. The third-order valence-corrected chi connectivity index (χ3v) is 3.27. The quantitative estimate of drug-likeness (QED) is 0.806. The van der Waals surface area contributed by atoms with E-state index in [1.54, 1.807) is 17.0 Å². The molecule has 5 heteroatoms. The maximum atomic E-state index is 11.6. The Balaban J connectivity index is 2.06. The van der Waals surface area contributed by atoms with Gasteiger partial charge in [-0.25, -0.2) is 0 Å². The molecular weight excluding hydrogens is 238 g/mol. The topological polar surface area (TPSA) is 49.6 Å². The van der Waals surface area contributed by atoms with Crippen molar-refractivity contribution in [3.8, 4) is 0 Å². The number of hydrogen-bond donors (Lipinski definition) is 1. The molecule has 1 aliphatic heterocycles. The summed E-state index contributed by atoms with van der Waals surface area (Å²) in [6.45, 7) is 2.75. The van der Waals surface area contributed by atoms with Crippen LogP contribution >= 0.6 is 11.6 Å². The van der Waals surface area contributed by atoms with Crippen molar-refractivity contribution in [3.63, 3.8) is 0 Å². The smallest absolute Gasteiger partial charge is 0.236 e. The maximum absolute atomic E-state index is 11.6. The molecule has 2 rings (SSSR count). The average molecular weight is 254 g/mol. The molecule has 0 radical (unpaired) electrons. The van der Waals surface area contributed by atoms with Gasteiger partial charge in [0.25, 0.3) is 0 Å². The third kappa shape index (κ3) is 2.90. The van der Waals surface area contributed by atoms with Gasteiger partial charge in [0.05, 0.1) is 6.54 Å². The van der Waals surface area contributed by atoms with Crippen molar-refractivity contribution in [1.29, 1.82) is 0 Å². The zero-order valence-corrected chi connectivity index (χ0v) is 10.6. The van der Waals surface area contributed by atoms with Gasteiger partial charge in [0, 0.05) is 37.4 Å². The monoisotopic (exact) mass is 253 g/mol. The highest BCUT2D eigenvalue weighted by atomic mass is 35.5. The van der Waals surface area contributed by atoms with Crippen LogP contribution < -0.4 is 5.73 Å². The van der Waals surface area contributed by atoms with Gasteiger partial charge in [-0.2, -0.15) is 0 Å². The average Bonchev–Trinajstić information content (AvgIpc) is 2.29. The highest BCUT2D eigenvalue weighted by molar-refractivity contribution is 6.30. The highest BCUT2D eigenvalue weighted by Crippen LogP contribution is 2.20. The molecule has 92 valence electrons. The number of halogens is 1. The number of anilines is 1. The number of carbonyl (C=O) groups is 1. The molecule has 2 N–H and O–H groups in total. The summed E-state index contributed by atoms with van der Waals surface area (Å²) < 4.78 is 0. The lowest BCUT2D eigenvalue weighted by molar-refractivity contribution is -0.134. The number of hydrogen-bond acceptors (Lipinski definition) is 3. The van der Waals surface area contributed by atoms with Gasteiger partial charge in [-0.3, -0.25) is 9.69 Å². The summed E-state index contributed by atoms with van der Waals surface area (Å²) in [5.41, 5.74) is 7.59. The zero-order valence-electron chi connectivity index (χ0n) is 9.82. The first-order chi connectivity index (χ1) is 8.06. The fraction of sp³-hybridized carbons (Fsp3) is 0.417. The second-order valence-electron chi connectivity index (χ2n) is 4.37. The standard InChI is InChI=1S/C12H16ClN3O/c1-15-4-5-16(8-12(15)17)7-9-6-10(13)2-3-11(9)14/h2-3,6H,4-5,7-8,14H2,1H3. The second-order valence-corrected chi connectivity index (χ2v) is 4.81. The van der Waals surface area contributed by atoms with Crippen LogP contribution in [0.5, 0.6) is 0 Å². The molecule has 1 aliphatic rings. The predicted molar refractivity (Wildman–Crippen MR) is 68.8 cm³/mol. The van der Waals surface area contributed by atoms with Crippen LogP contribution in [0.2, 0.25) is 5.02 Å². The summed E-state index contributed by atoms with van der Waals surface area (Å²) in [6.07, 6.45) is 0. The summed E-state index contributed by atoms with van der Waals surface area (Å²) in [6, 6.07) is 5.44. The number of likely N-dealkylation sites (N-methyl/N-ethyl adjacent to an activating group) is 1. The maximum Gasteiger partial charge on any atom is 0.236 e. The molecule has 0 aromatic heterocycles. The number of benzene rings is 1. The normalized spacial score (nSPS) is 17.5. The van der Waals surface area contributed by atoms with Gasteiger partial charge in [-0.15, -0.1) is 0 Å². The minimum atomic E-state index is 0.150. The Labute approximate surface area is 106 Å². The van der Waals surface area contributed by atoms with E-state index in [0.717, 1.165) is 24.3 Å². The molecule has 1 aromatic rings. The Morgan fingerprint density at radius 3 is 2.88 bits per heavy atom. The van der Waals surface area contributed by atoms with Crippen molar-refractivity contribution in [1.82, 2.24) is 9.80 Å². The molecule has 1 aromatic carbocycles. The SMILES string of the molecule is CN1CCN(Cc2cc(Cl)ccc2N)CC1=O. The second kappa shape index (κ2) is 4.94. The Bertz CT molecular complexity index is 436. The lowest BCUT2D eigenvalue weighted by atomic mass is 10.1. The van der Waals surface area contributed by atoms with E-state index in [4.69, 9.17) is 17.3 Å². The fourth-order valence-electron chi connectivity index (χ4n) is 1.89. The lowest BCUT2D eigenvalue weighted by Crippen LogP contribution is -2.48. The minimum absolute atomic E-state index is 0.150. The molecule has 0 aliphatic carbocycles. The third-order valence-electron chi connectivity index (χ3n) is 3.04. The Hall–Kier alpha value is -1.26. The van der Waals surface area contributed by atoms with Gasteiger partial charge in [-0.05, 0) is 23.8 Å². The van der Waals surface area contributed by atoms with Gasteiger partial charge in [0.15, 0.2) is 0 Å². The molecule has 0 bridgehead atoms. The van der Waals surface area contributed by atoms with Crippen LogP contribution in [0.4, 0.5) is 5.69 Å².